The first-order valence-corrected chi connectivity index (χ1v) is 5.44. The molecule has 0 N–H and O–H groups in total. The normalized spacial score (nSPS) is 13.1. The lowest BCUT2D eigenvalue weighted by atomic mass is 10.1. The zero-order valence-electron chi connectivity index (χ0n) is 10.0. The van der Waals surface area contributed by atoms with Gasteiger partial charge in [-0.2, -0.15) is 0 Å². The Morgan fingerprint density at radius 2 is 2.07 bits per heavy atom. The molecule has 1 nitrogen and oxygen atoms in total. The van der Waals surface area contributed by atoms with E-state index in [-0.39, 0.29) is 0 Å². The minimum absolute atomic E-state index is 1.09. The van der Waals surface area contributed by atoms with Gasteiger partial charge in [0.2, 0.25) is 0 Å². The lowest BCUT2D eigenvalue weighted by molar-refractivity contribution is 1.09. The highest BCUT2D eigenvalue weighted by molar-refractivity contribution is 5.64. The van der Waals surface area contributed by atoms with Crippen molar-refractivity contribution < 1.29 is 0 Å². The van der Waals surface area contributed by atoms with E-state index >= 15 is 0 Å². The van der Waals surface area contributed by atoms with Gasteiger partial charge in [-0.25, -0.2) is 0 Å². The monoisotopic (exact) mass is 201 g/mol. The highest BCUT2D eigenvalue weighted by Gasteiger charge is 2.00. The molecule has 0 saturated carbocycles. The summed E-state index contributed by atoms with van der Waals surface area (Å²) in [4.78, 5) is 4.46. The van der Waals surface area contributed by atoms with Gasteiger partial charge in [0.1, 0.15) is 0 Å². The molecule has 0 unspecified atom stereocenters. The number of hydrogen-bond acceptors (Lipinski definition) is 1. The summed E-state index contributed by atoms with van der Waals surface area (Å²) < 4.78 is 0. The largest absolute Gasteiger partial charge is 0.256 e. The minimum atomic E-state index is 1.09. The third-order valence-corrected chi connectivity index (χ3v) is 2.70. The molecule has 1 heteroatoms. The van der Waals surface area contributed by atoms with Crippen molar-refractivity contribution in [2.75, 3.05) is 0 Å². The van der Waals surface area contributed by atoms with E-state index in [0.717, 1.165) is 17.7 Å². The average molecular weight is 201 g/mol. The molecule has 0 aliphatic heterocycles. The molecular weight excluding hydrogens is 182 g/mol. The van der Waals surface area contributed by atoms with Crippen molar-refractivity contribution in [3.05, 3.63) is 41.2 Å². The maximum atomic E-state index is 4.46. The first kappa shape index (κ1) is 11.7. The molecule has 0 radical (unpaired) electrons. The standard InChI is InChI=1S/C14H19N/c1-5-7-13-8-9-14(15-10-13)12(4)11(3)6-2/h5,7-10H,6H2,1-4H3. The molecule has 0 aliphatic rings. The van der Waals surface area contributed by atoms with Gasteiger partial charge in [0.15, 0.2) is 0 Å². The van der Waals surface area contributed by atoms with Crippen LogP contribution in [0.5, 0.6) is 0 Å². The molecule has 0 amide bonds. The van der Waals surface area contributed by atoms with Crippen molar-refractivity contribution in [2.24, 2.45) is 0 Å². The van der Waals surface area contributed by atoms with Crippen molar-refractivity contribution in [3.8, 4) is 0 Å². The highest BCUT2D eigenvalue weighted by Crippen LogP contribution is 2.18. The number of pyridine rings is 1. The number of hydrogen-bond donors (Lipinski definition) is 0. The molecule has 80 valence electrons. The molecule has 0 aromatic carbocycles. The number of aromatic nitrogens is 1. The van der Waals surface area contributed by atoms with Crippen LogP contribution in [0.25, 0.3) is 11.6 Å². The van der Waals surface area contributed by atoms with Crippen LogP contribution in [0.3, 0.4) is 0 Å². The smallest absolute Gasteiger partial charge is 0.0658 e. The van der Waals surface area contributed by atoms with Gasteiger partial charge in [-0.05, 0) is 44.4 Å². The van der Waals surface area contributed by atoms with E-state index in [2.05, 4.69) is 44.0 Å². The van der Waals surface area contributed by atoms with Crippen molar-refractivity contribution in [1.82, 2.24) is 4.98 Å². The van der Waals surface area contributed by atoms with Gasteiger partial charge in [0.25, 0.3) is 0 Å². The molecule has 0 bridgehead atoms. The van der Waals surface area contributed by atoms with Crippen LogP contribution in [0.1, 0.15) is 45.4 Å². The molecule has 0 atom stereocenters. The number of nitrogens with zero attached hydrogens (tertiary/aromatic N) is 1. The van der Waals surface area contributed by atoms with Gasteiger partial charge in [-0.15, -0.1) is 0 Å². The average Bonchev–Trinajstić information content (AvgIpc) is 2.28. The Balaban J connectivity index is 2.99. The summed E-state index contributed by atoms with van der Waals surface area (Å²) in [5, 5.41) is 0. The predicted molar refractivity (Wildman–Crippen MR) is 67.5 cm³/mol. The molecule has 15 heavy (non-hydrogen) atoms. The number of rotatable bonds is 3. The summed E-state index contributed by atoms with van der Waals surface area (Å²) in [5.41, 5.74) is 4.94. The van der Waals surface area contributed by atoms with Crippen LogP contribution in [0.4, 0.5) is 0 Å². The quantitative estimate of drug-likeness (QED) is 0.709. The third-order valence-electron chi connectivity index (χ3n) is 2.70. The van der Waals surface area contributed by atoms with Gasteiger partial charge >= 0.3 is 0 Å². The van der Waals surface area contributed by atoms with Gasteiger partial charge < -0.3 is 0 Å². The second-order valence-electron chi connectivity index (χ2n) is 3.74. The summed E-state index contributed by atoms with van der Waals surface area (Å²) in [6.45, 7) is 8.49. The molecule has 0 saturated heterocycles. The van der Waals surface area contributed by atoms with Crippen molar-refractivity contribution in [3.63, 3.8) is 0 Å². The lowest BCUT2D eigenvalue weighted by Gasteiger charge is -2.05. The Hall–Kier alpha value is -1.37. The van der Waals surface area contributed by atoms with E-state index in [0.29, 0.717) is 0 Å². The maximum Gasteiger partial charge on any atom is 0.0658 e. The fourth-order valence-corrected chi connectivity index (χ4v) is 1.40. The van der Waals surface area contributed by atoms with E-state index in [1.807, 2.05) is 19.2 Å². The van der Waals surface area contributed by atoms with Gasteiger partial charge in [-0.1, -0.05) is 30.7 Å². The Labute approximate surface area is 92.6 Å². The Bertz CT molecular complexity index is 369. The summed E-state index contributed by atoms with van der Waals surface area (Å²) >= 11 is 0. The lowest BCUT2D eigenvalue weighted by Crippen LogP contribution is -1.89. The van der Waals surface area contributed by atoms with Crippen LogP contribution in [-0.2, 0) is 0 Å². The van der Waals surface area contributed by atoms with Gasteiger partial charge in [-0.3, -0.25) is 4.98 Å². The molecular formula is C14H19N. The molecule has 1 heterocycles. The van der Waals surface area contributed by atoms with E-state index < -0.39 is 0 Å². The van der Waals surface area contributed by atoms with E-state index in [9.17, 15) is 0 Å². The fourth-order valence-electron chi connectivity index (χ4n) is 1.40. The topological polar surface area (TPSA) is 12.9 Å². The Morgan fingerprint density at radius 1 is 1.33 bits per heavy atom. The summed E-state index contributed by atoms with van der Waals surface area (Å²) in [7, 11) is 0. The van der Waals surface area contributed by atoms with Crippen molar-refractivity contribution in [1.29, 1.82) is 0 Å². The van der Waals surface area contributed by atoms with Crippen LogP contribution < -0.4 is 0 Å². The molecule has 0 aliphatic carbocycles. The second kappa shape index (κ2) is 5.50. The maximum absolute atomic E-state index is 4.46. The molecule has 1 rings (SSSR count). The first-order chi connectivity index (χ1) is 7.19. The summed E-state index contributed by atoms with van der Waals surface area (Å²) in [6, 6.07) is 4.19. The van der Waals surface area contributed by atoms with E-state index in [1.165, 1.54) is 11.1 Å². The van der Waals surface area contributed by atoms with Crippen LogP contribution in [0.15, 0.2) is 30.0 Å². The Morgan fingerprint density at radius 3 is 2.53 bits per heavy atom. The molecule has 1 aromatic heterocycles. The third kappa shape index (κ3) is 3.05. The molecule has 1 aromatic rings. The summed E-state index contributed by atoms with van der Waals surface area (Å²) in [6.07, 6.45) is 7.09. The SMILES string of the molecule is CC=Cc1ccc(C(C)=C(C)CC)nc1. The second-order valence-corrected chi connectivity index (χ2v) is 3.74. The van der Waals surface area contributed by atoms with Crippen LogP contribution >= 0.6 is 0 Å². The van der Waals surface area contributed by atoms with Crippen LogP contribution in [0, 0.1) is 0 Å². The Kier molecular flexibility index (Phi) is 4.29. The minimum Gasteiger partial charge on any atom is -0.256 e. The van der Waals surface area contributed by atoms with Gasteiger partial charge in [0, 0.05) is 6.20 Å². The predicted octanol–water partition coefficient (Wildman–Crippen LogP) is 4.32. The molecule has 0 spiro atoms. The van der Waals surface area contributed by atoms with Gasteiger partial charge in [0.05, 0.1) is 5.69 Å². The first-order valence-electron chi connectivity index (χ1n) is 5.44. The van der Waals surface area contributed by atoms with Crippen molar-refractivity contribution >= 4 is 11.6 Å². The summed E-state index contributed by atoms with van der Waals surface area (Å²) in [5.74, 6) is 0. The van der Waals surface area contributed by atoms with Crippen LogP contribution in [-0.4, -0.2) is 4.98 Å². The van der Waals surface area contributed by atoms with Crippen LogP contribution in [0.2, 0.25) is 0 Å². The zero-order valence-corrected chi connectivity index (χ0v) is 10.0. The van der Waals surface area contributed by atoms with E-state index in [4.69, 9.17) is 0 Å². The highest BCUT2D eigenvalue weighted by atomic mass is 14.7. The zero-order chi connectivity index (χ0) is 11.3. The fraction of sp³-hybridized carbons (Fsp3) is 0.357. The van der Waals surface area contributed by atoms with Crippen molar-refractivity contribution in [2.45, 2.75) is 34.1 Å². The van der Waals surface area contributed by atoms with E-state index in [1.54, 1.807) is 0 Å². The number of allylic oxidation sites excluding steroid dienone is 3. The molecule has 0 fully saturated rings.